The van der Waals surface area contributed by atoms with Crippen LogP contribution in [0.1, 0.15) is 42.1 Å². The number of imide groups is 1. The summed E-state index contributed by atoms with van der Waals surface area (Å²) in [5.41, 5.74) is 1.86. The molecule has 2 aliphatic heterocycles. The van der Waals surface area contributed by atoms with Crippen molar-refractivity contribution in [3.63, 3.8) is 0 Å². The Labute approximate surface area is 180 Å². The van der Waals surface area contributed by atoms with Crippen LogP contribution in [0.2, 0.25) is 0 Å². The Hall–Kier alpha value is -3.19. The molecule has 0 radical (unpaired) electrons. The van der Waals surface area contributed by atoms with Gasteiger partial charge in [-0.3, -0.25) is 19.7 Å². The summed E-state index contributed by atoms with van der Waals surface area (Å²) in [5, 5.41) is 23.2. The second-order valence-electron chi connectivity index (χ2n) is 8.67. The molecule has 7 heteroatoms. The van der Waals surface area contributed by atoms with E-state index in [1.807, 2.05) is 19.1 Å². The highest BCUT2D eigenvalue weighted by Crippen LogP contribution is 2.50. The average molecular weight is 422 g/mol. The lowest BCUT2D eigenvalue weighted by molar-refractivity contribution is -0.147. The van der Waals surface area contributed by atoms with Crippen LogP contribution < -0.4 is 10.2 Å². The standard InChI is InChI=1S/C24H26N2O5/c1-5-14-6-8-16(9-7-14)26-21(28)17-18(22(26)29)24(4,23(30)31)25-19(17)15-10-12(2)20(27)13(3)11-15/h6-11,17-19,25,27H,5H2,1-4H3,(H,30,31). The van der Waals surface area contributed by atoms with Crippen molar-refractivity contribution in [1.29, 1.82) is 0 Å². The van der Waals surface area contributed by atoms with E-state index >= 15 is 0 Å². The number of hydrogen-bond donors (Lipinski definition) is 3. The highest BCUT2D eigenvalue weighted by Gasteiger charge is 2.66. The first-order chi connectivity index (χ1) is 14.6. The largest absolute Gasteiger partial charge is 0.507 e. The zero-order chi connectivity index (χ0) is 22.7. The van der Waals surface area contributed by atoms with Crippen molar-refractivity contribution in [2.75, 3.05) is 4.90 Å². The van der Waals surface area contributed by atoms with Crippen LogP contribution in [-0.2, 0) is 20.8 Å². The van der Waals surface area contributed by atoms with E-state index < -0.39 is 41.2 Å². The fourth-order valence-electron chi connectivity index (χ4n) is 4.93. The maximum absolute atomic E-state index is 13.5. The van der Waals surface area contributed by atoms with Crippen molar-refractivity contribution in [3.05, 3.63) is 58.7 Å². The van der Waals surface area contributed by atoms with Crippen LogP contribution in [0, 0.1) is 25.7 Å². The molecule has 0 aliphatic carbocycles. The van der Waals surface area contributed by atoms with E-state index in [0.717, 1.165) is 16.9 Å². The molecule has 2 aliphatic rings. The molecular formula is C24H26N2O5. The minimum absolute atomic E-state index is 0.158. The number of phenolic OH excluding ortho intramolecular Hbond substituents is 1. The van der Waals surface area contributed by atoms with Crippen molar-refractivity contribution >= 4 is 23.5 Å². The topological polar surface area (TPSA) is 107 Å². The van der Waals surface area contributed by atoms with Gasteiger partial charge in [-0.1, -0.05) is 31.2 Å². The molecule has 2 aromatic rings. The normalized spacial score (nSPS) is 27.6. The number of carboxylic acid groups (broad SMARTS) is 1. The molecule has 4 atom stereocenters. The summed E-state index contributed by atoms with van der Waals surface area (Å²) in [4.78, 5) is 40.3. The number of carbonyl (C=O) groups is 3. The second-order valence-corrected chi connectivity index (χ2v) is 8.67. The monoisotopic (exact) mass is 422 g/mol. The number of aromatic hydroxyl groups is 1. The van der Waals surface area contributed by atoms with E-state index in [9.17, 15) is 24.6 Å². The fourth-order valence-corrected chi connectivity index (χ4v) is 4.93. The second kappa shape index (κ2) is 7.20. The highest BCUT2D eigenvalue weighted by molar-refractivity contribution is 6.24. The number of carbonyl (C=O) groups excluding carboxylic acids is 2. The van der Waals surface area contributed by atoms with Gasteiger partial charge in [-0.2, -0.15) is 0 Å². The number of hydrogen-bond acceptors (Lipinski definition) is 5. The van der Waals surface area contributed by atoms with Gasteiger partial charge in [-0.15, -0.1) is 0 Å². The zero-order valence-corrected chi connectivity index (χ0v) is 18.0. The summed E-state index contributed by atoms with van der Waals surface area (Å²) in [6.07, 6.45) is 0.829. The van der Waals surface area contributed by atoms with E-state index in [1.54, 1.807) is 38.1 Å². The highest BCUT2D eigenvalue weighted by atomic mass is 16.4. The van der Waals surface area contributed by atoms with Crippen LogP contribution >= 0.6 is 0 Å². The van der Waals surface area contributed by atoms with Gasteiger partial charge in [0, 0.05) is 6.04 Å². The summed E-state index contributed by atoms with van der Waals surface area (Å²) in [7, 11) is 0. The molecule has 0 aromatic heterocycles. The number of fused-ring (bicyclic) bond motifs is 1. The Morgan fingerprint density at radius 3 is 2.19 bits per heavy atom. The maximum Gasteiger partial charge on any atom is 0.324 e. The molecule has 2 aromatic carbocycles. The summed E-state index contributed by atoms with van der Waals surface area (Å²) in [6.45, 7) is 6.97. The molecule has 0 bridgehead atoms. The first kappa shape index (κ1) is 21.1. The number of aliphatic carboxylic acids is 1. The van der Waals surface area contributed by atoms with E-state index in [4.69, 9.17) is 0 Å². The molecular weight excluding hydrogens is 396 g/mol. The Morgan fingerprint density at radius 2 is 1.68 bits per heavy atom. The van der Waals surface area contributed by atoms with Crippen LogP contribution in [0.4, 0.5) is 5.69 Å². The SMILES string of the molecule is CCc1ccc(N2C(=O)C3C(c4cc(C)c(O)c(C)c4)NC(C)(C(=O)O)C3C2=O)cc1. The Morgan fingerprint density at radius 1 is 1.10 bits per heavy atom. The number of phenols is 1. The lowest BCUT2D eigenvalue weighted by atomic mass is 9.80. The van der Waals surface area contributed by atoms with Crippen LogP contribution in [0.15, 0.2) is 36.4 Å². The minimum Gasteiger partial charge on any atom is -0.507 e. The van der Waals surface area contributed by atoms with Crippen LogP contribution in [0.3, 0.4) is 0 Å². The smallest absolute Gasteiger partial charge is 0.324 e. The van der Waals surface area contributed by atoms with E-state index in [0.29, 0.717) is 22.4 Å². The van der Waals surface area contributed by atoms with Gasteiger partial charge in [-0.05, 0) is 61.6 Å². The number of aryl methyl sites for hydroxylation is 3. The quantitative estimate of drug-likeness (QED) is 0.654. The molecule has 0 saturated carbocycles. The summed E-state index contributed by atoms with van der Waals surface area (Å²) < 4.78 is 0. The van der Waals surface area contributed by atoms with Crippen molar-refractivity contribution in [2.24, 2.45) is 11.8 Å². The van der Waals surface area contributed by atoms with Crippen molar-refractivity contribution in [1.82, 2.24) is 5.32 Å². The lowest BCUT2D eigenvalue weighted by Crippen LogP contribution is -2.53. The predicted molar refractivity (Wildman–Crippen MR) is 115 cm³/mol. The maximum atomic E-state index is 13.5. The number of anilines is 1. The zero-order valence-electron chi connectivity index (χ0n) is 18.0. The van der Waals surface area contributed by atoms with Crippen LogP contribution in [0.25, 0.3) is 0 Å². The summed E-state index contributed by atoms with van der Waals surface area (Å²) >= 11 is 0. The minimum atomic E-state index is -1.60. The van der Waals surface area contributed by atoms with Gasteiger partial charge in [-0.25, -0.2) is 4.90 Å². The molecule has 4 rings (SSSR count). The van der Waals surface area contributed by atoms with Gasteiger partial charge in [0.05, 0.1) is 17.5 Å². The average Bonchev–Trinajstić information content (AvgIpc) is 3.20. The molecule has 2 amide bonds. The van der Waals surface area contributed by atoms with E-state index in [-0.39, 0.29) is 5.75 Å². The van der Waals surface area contributed by atoms with Gasteiger partial charge in [0.1, 0.15) is 11.3 Å². The molecule has 0 spiro atoms. The third-order valence-corrected chi connectivity index (χ3v) is 6.71. The van der Waals surface area contributed by atoms with Crippen molar-refractivity contribution in [2.45, 2.75) is 45.7 Å². The molecule has 3 N–H and O–H groups in total. The van der Waals surface area contributed by atoms with Crippen molar-refractivity contribution < 1.29 is 24.6 Å². The van der Waals surface area contributed by atoms with Gasteiger partial charge in [0.2, 0.25) is 11.8 Å². The van der Waals surface area contributed by atoms with Crippen LogP contribution in [-0.4, -0.2) is 33.5 Å². The first-order valence-electron chi connectivity index (χ1n) is 10.4. The number of rotatable bonds is 4. The Balaban J connectivity index is 1.82. The molecule has 4 unspecified atom stereocenters. The van der Waals surface area contributed by atoms with Gasteiger partial charge in [0.25, 0.3) is 0 Å². The molecule has 2 fully saturated rings. The lowest BCUT2D eigenvalue weighted by Gasteiger charge is -2.27. The molecule has 31 heavy (non-hydrogen) atoms. The van der Waals surface area contributed by atoms with Crippen molar-refractivity contribution in [3.8, 4) is 5.75 Å². The Bertz CT molecular complexity index is 1070. The fraction of sp³-hybridized carbons (Fsp3) is 0.375. The van der Waals surface area contributed by atoms with Crippen LogP contribution in [0.5, 0.6) is 5.75 Å². The number of nitrogens with one attached hydrogen (secondary N) is 1. The van der Waals surface area contributed by atoms with Gasteiger partial charge < -0.3 is 10.2 Å². The first-order valence-corrected chi connectivity index (χ1v) is 10.4. The predicted octanol–water partition coefficient (Wildman–Crippen LogP) is 2.86. The third-order valence-electron chi connectivity index (χ3n) is 6.71. The Kier molecular flexibility index (Phi) is 4.89. The van der Waals surface area contributed by atoms with Gasteiger partial charge in [0.15, 0.2) is 0 Å². The van der Waals surface area contributed by atoms with E-state index in [1.165, 1.54) is 6.92 Å². The summed E-state index contributed by atoms with van der Waals surface area (Å²) in [5.74, 6) is -3.84. The number of amides is 2. The van der Waals surface area contributed by atoms with Gasteiger partial charge >= 0.3 is 5.97 Å². The van der Waals surface area contributed by atoms with E-state index in [2.05, 4.69) is 5.32 Å². The number of nitrogens with zero attached hydrogens (tertiary/aromatic N) is 1. The molecule has 7 nitrogen and oxygen atoms in total. The third kappa shape index (κ3) is 3.03. The molecule has 2 saturated heterocycles. The molecule has 2 heterocycles. The number of carboxylic acids is 1. The number of benzene rings is 2. The summed E-state index contributed by atoms with van der Waals surface area (Å²) in [6, 6.07) is 9.99. The molecule has 162 valence electrons.